The summed E-state index contributed by atoms with van der Waals surface area (Å²) in [6, 6.07) is 16.5. The molecule has 0 unspecified atom stereocenters. The lowest BCUT2D eigenvalue weighted by Gasteiger charge is -2.23. The zero-order chi connectivity index (χ0) is 16.4. The summed E-state index contributed by atoms with van der Waals surface area (Å²) >= 11 is 6.68. The monoisotopic (exact) mass is 341 g/mol. The summed E-state index contributed by atoms with van der Waals surface area (Å²) in [5.74, 6) is 0.0755. The average molecular weight is 341 g/mol. The fourth-order valence-electron chi connectivity index (χ4n) is 2.46. The first-order valence-electron chi connectivity index (χ1n) is 7.17. The molecule has 1 aliphatic rings. The van der Waals surface area contributed by atoms with Crippen LogP contribution < -0.4 is 0 Å². The number of phenols is 1. The van der Waals surface area contributed by atoms with Gasteiger partial charge in [0.2, 0.25) is 0 Å². The van der Waals surface area contributed by atoms with Gasteiger partial charge >= 0.3 is 0 Å². The van der Waals surface area contributed by atoms with Crippen molar-refractivity contribution in [3.8, 4) is 5.75 Å². The molecule has 2 aromatic rings. The van der Waals surface area contributed by atoms with Crippen molar-refractivity contribution >= 4 is 40.3 Å². The summed E-state index contributed by atoms with van der Waals surface area (Å²) < 4.78 is 0.553. The molecule has 1 aliphatic heterocycles. The van der Waals surface area contributed by atoms with Crippen LogP contribution >= 0.6 is 24.0 Å². The highest BCUT2D eigenvalue weighted by Crippen LogP contribution is 2.38. The van der Waals surface area contributed by atoms with E-state index in [1.807, 2.05) is 43.3 Å². The number of nitrogens with zero attached hydrogens (tertiary/aromatic N) is 1. The largest absolute Gasteiger partial charge is 0.508 e. The number of carbonyl (C=O) groups is 1. The van der Waals surface area contributed by atoms with E-state index in [0.717, 1.165) is 11.1 Å². The Kier molecular flexibility index (Phi) is 4.50. The predicted octanol–water partition coefficient (Wildman–Crippen LogP) is 4.35. The van der Waals surface area contributed by atoms with Crippen molar-refractivity contribution in [2.45, 2.75) is 13.0 Å². The molecule has 23 heavy (non-hydrogen) atoms. The van der Waals surface area contributed by atoms with E-state index in [2.05, 4.69) is 0 Å². The number of carbonyl (C=O) groups excluding carboxylic acids is 1. The summed E-state index contributed by atoms with van der Waals surface area (Å²) in [6.07, 6.45) is 1.76. The third-order valence-corrected chi connectivity index (χ3v) is 4.99. The molecular formula is C18H15NO2S2. The van der Waals surface area contributed by atoms with Gasteiger partial charge in [-0.1, -0.05) is 66.4 Å². The van der Waals surface area contributed by atoms with Crippen LogP contribution in [0.5, 0.6) is 5.75 Å². The van der Waals surface area contributed by atoms with Crippen LogP contribution in [-0.4, -0.2) is 20.2 Å². The average Bonchev–Trinajstić information content (AvgIpc) is 2.81. The van der Waals surface area contributed by atoms with E-state index in [1.54, 1.807) is 29.2 Å². The summed E-state index contributed by atoms with van der Waals surface area (Å²) in [4.78, 5) is 14.9. The van der Waals surface area contributed by atoms with Gasteiger partial charge in [-0.2, -0.15) is 0 Å². The molecule has 1 heterocycles. The van der Waals surface area contributed by atoms with Crippen molar-refractivity contribution in [3.63, 3.8) is 0 Å². The second kappa shape index (κ2) is 6.56. The molecule has 116 valence electrons. The Morgan fingerprint density at radius 1 is 1.17 bits per heavy atom. The first-order valence-corrected chi connectivity index (χ1v) is 8.40. The van der Waals surface area contributed by atoms with Crippen LogP contribution in [0, 0.1) is 0 Å². The van der Waals surface area contributed by atoms with Gasteiger partial charge in [-0.3, -0.25) is 9.69 Å². The third kappa shape index (κ3) is 3.30. The molecule has 3 nitrogen and oxygen atoms in total. The van der Waals surface area contributed by atoms with Crippen molar-refractivity contribution in [2.75, 3.05) is 0 Å². The molecule has 0 spiro atoms. The normalized spacial score (nSPS) is 17.8. The van der Waals surface area contributed by atoms with Crippen LogP contribution in [0.2, 0.25) is 0 Å². The Hall–Kier alpha value is -2.11. The van der Waals surface area contributed by atoms with Crippen LogP contribution in [0.3, 0.4) is 0 Å². The molecule has 1 amide bonds. The van der Waals surface area contributed by atoms with Gasteiger partial charge in [0, 0.05) is 0 Å². The van der Waals surface area contributed by atoms with Gasteiger partial charge in [-0.25, -0.2) is 0 Å². The second-order valence-corrected chi connectivity index (χ2v) is 6.91. The van der Waals surface area contributed by atoms with E-state index in [-0.39, 0.29) is 17.7 Å². The maximum Gasteiger partial charge on any atom is 0.266 e. The van der Waals surface area contributed by atoms with E-state index >= 15 is 0 Å². The van der Waals surface area contributed by atoms with E-state index in [9.17, 15) is 9.90 Å². The molecule has 0 aromatic heterocycles. The van der Waals surface area contributed by atoms with E-state index < -0.39 is 0 Å². The van der Waals surface area contributed by atoms with Crippen molar-refractivity contribution in [1.82, 2.24) is 4.90 Å². The van der Waals surface area contributed by atoms with Gasteiger partial charge in [-0.15, -0.1) is 0 Å². The van der Waals surface area contributed by atoms with Crippen LogP contribution in [0.4, 0.5) is 0 Å². The maximum absolute atomic E-state index is 12.7. The van der Waals surface area contributed by atoms with Gasteiger partial charge in [0.15, 0.2) is 0 Å². The molecule has 5 heteroatoms. The molecule has 2 aromatic carbocycles. The minimum absolute atomic E-state index is 0.0975. The highest BCUT2D eigenvalue weighted by atomic mass is 32.2. The number of phenolic OH excluding ortho intramolecular Hbond substituents is 1. The number of hydrogen-bond donors (Lipinski definition) is 1. The maximum atomic E-state index is 12.7. The number of rotatable bonds is 3. The second-order valence-electron chi connectivity index (χ2n) is 5.23. The number of aromatic hydroxyl groups is 1. The van der Waals surface area contributed by atoms with E-state index in [0.29, 0.717) is 9.23 Å². The summed E-state index contributed by atoms with van der Waals surface area (Å²) in [5, 5.41) is 9.54. The van der Waals surface area contributed by atoms with Crippen LogP contribution in [0.25, 0.3) is 6.08 Å². The third-order valence-electron chi connectivity index (χ3n) is 3.66. The van der Waals surface area contributed by atoms with Crippen molar-refractivity contribution in [2.24, 2.45) is 0 Å². The minimum Gasteiger partial charge on any atom is -0.508 e. The predicted molar refractivity (Wildman–Crippen MR) is 98.0 cm³/mol. The fraction of sp³-hybridized carbons (Fsp3) is 0.111. The van der Waals surface area contributed by atoms with Gasteiger partial charge in [0.05, 0.1) is 10.9 Å². The van der Waals surface area contributed by atoms with E-state index in [4.69, 9.17) is 12.2 Å². The van der Waals surface area contributed by atoms with Crippen LogP contribution in [0.15, 0.2) is 59.5 Å². The highest BCUT2D eigenvalue weighted by Gasteiger charge is 2.35. The number of thiocarbonyl (C=S) groups is 1. The summed E-state index contributed by atoms with van der Waals surface area (Å²) in [6.45, 7) is 1.97. The summed E-state index contributed by atoms with van der Waals surface area (Å²) in [5.41, 5.74) is 1.82. The minimum atomic E-state index is -0.112. The van der Waals surface area contributed by atoms with Gasteiger partial charge < -0.3 is 5.11 Å². The Labute approximate surface area is 144 Å². The lowest BCUT2D eigenvalue weighted by Crippen LogP contribution is -2.30. The summed E-state index contributed by atoms with van der Waals surface area (Å²) in [7, 11) is 0. The number of hydrogen-bond acceptors (Lipinski definition) is 4. The first-order chi connectivity index (χ1) is 11.1. The van der Waals surface area contributed by atoms with E-state index in [1.165, 1.54) is 11.8 Å². The van der Waals surface area contributed by atoms with Gasteiger partial charge in [0.25, 0.3) is 5.91 Å². The Morgan fingerprint density at radius 3 is 2.61 bits per heavy atom. The lowest BCUT2D eigenvalue weighted by molar-refractivity contribution is -0.123. The Morgan fingerprint density at radius 2 is 1.91 bits per heavy atom. The number of thioether (sulfide) groups is 1. The van der Waals surface area contributed by atoms with Crippen molar-refractivity contribution in [3.05, 3.63) is 70.6 Å². The molecule has 0 radical (unpaired) electrons. The zero-order valence-electron chi connectivity index (χ0n) is 12.5. The molecule has 0 saturated carbocycles. The molecule has 1 atom stereocenters. The molecule has 1 N–H and O–H groups in total. The molecule has 0 aliphatic carbocycles. The number of amides is 1. The number of benzene rings is 2. The van der Waals surface area contributed by atoms with Crippen LogP contribution in [-0.2, 0) is 4.79 Å². The van der Waals surface area contributed by atoms with Crippen molar-refractivity contribution < 1.29 is 9.90 Å². The Bertz CT molecular complexity index is 787. The lowest BCUT2D eigenvalue weighted by atomic mass is 10.1. The standard InChI is InChI=1S/C18H15NO2S2/c1-12(14-7-3-2-4-8-14)19-17(21)16(23-18(19)22)11-13-6-5-9-15(20)10-13/h2-12,20H,1H3/b16-11-/t12-/m0/s1. The quantitative estimate of drug-likeness (QED) is 0.665. The Balaban J connectivity index is 1.88. The van der Waals surface area contributed by atoms with Crippen molar-refractivity contribution in [1.29, 1.82) is 0 Å². The van der Waals surface area contributed by atoms with Gasteiger partial charge in [0.1, 0.15) is 10.1 Å². The van der Waals surface area contributed by atoms with Crippen LogP contribution in [0.1, 0.15) is 24.1 Å². The molecular weight excluding hydrogens is 326 g/mol. The first kappa shape index (κ1) is 15.8. The molecule has 1 saturated heterocycles. The zero-order valence-corrected chi connectivity index (χ0v) is 14.1. The highest BCUT2D eigenvalue weighted by molar-refractivity contribution is 8.26. The SMILES string of the molecule is C[C@@H](c1ccccc1)N1C(=O)/C(=C/c2cccc(O)c2)SC1=S. The topological polar surface area (TPSA) is 40.5 Å². The molecule has 0 bridgehead atoms. The molecule has 1 fully saturated rings. The van der Waals surface area contributed by atoms with Gasteiger partial charge in [-0.05, 0) is 36.3 Å². The smallest absolute Gasteiger partial charge is 0.266 e. The molecule has 3 rings (SSSR count). The fourth-order valence-corrected chi connectivity index (χ4v) is 3.88.